The van der Waals surface area contributed by atoms with Gasteiger partial charge >= 0.3 is 5.97 Å². The van der Waals surface area contributed by atoms with Gasteiger partial charge in [-0.25, -0.2) is 9.78 Å². The molecule has 0 bridgehead atoms. The van der Waals surface area contributed by atoms with E-state index >= 15 is 0 Å². The van der Waals surface area contributed by atoms with Crippen LogP contribution in [0, 0.1) is 11.8 Å². The predicted molar refractivity (Wildman–Crippen MR) is 71.4 cm³/mol. The van der Waals surface area contributed by atoms with Crippen LogP contribution in [-0.4, -0.2) is 29.1 Å². The topological polar surface area (TPSA) is 53.4 Å². The van der Waals surface area contributed by atoms with E-state index in [2.05, 4.69) is 23.7 Å². The Bertz CT molecular complexity index is 464. The molecule has 18 heavy (non-hydrogen) atoms. The number of halogens is 1. The van der Waals surface area contributed by atoms with Gasteiger partial charge < -0.3 is 10.0 Å². The first-order valence-electron chi connectivity index (χ1n) is 6.13. The molecule has 0 saturated carbocycles. The number of aromatic carboxylic acids is 1. The van der Waals surface area contributed by atoms with Gasteiger partial charge in [-0.15, -0.1) is 0 Å². The first-order chi connectivity index (χ1) is 8.49. The van der Waals surface area contributed by atoms with Crippen LogP contribution in [0.4, 0.5) is 5.82 Å². The van der Waals surface area contributed by atoms with Crippen LogP contribution in [0.3, 0.4) is 0 Å². The Morgan fingerprint density at radius 3 is 2.78 bits per heavy atom. The molecule has 1 saturated heterocycles. The molecule has 2 heterocycles. The smallest absolute Gasteiger partial charge is 0.337 e. The van der Waals surface area contributed by atoms with E-state index < -0.39 is 5.97 Å². The van der Waals surface area contributed by atoms with Crippen LogP contribution in [0.15, 0.2) is 12.3 Å². The summed E-state index contributed by atoms with van der Waals surface area (Å²) in [6, 6.07) is 1.47. The van der Waals surface area contributed by atoms with Crippen LogP contribution in [0.25, 0.3) is 0 Å². The van der Waals surface area contributed by atoms with E-state index in [1.54, 1.807) is 0 Å². The van der Waals surface area contributed by atoms with Crippen molar-refractivity contribution in [3.8, 4) is 0 Å². The molecular formula is C13H17ClN2O2. The van der Waals surface area contributed by atoms with Crippen molar-refractivity contribution in [3.63, 3.8) is 0 Å². The Morgan fingerprint density at radius 1 is 1.50 bits per heavy atom. The van der Waals surface area contributed by atoms with Gasteiger partial charge in [0.1, 0.15) is 5.82 Å². The number of carbonyl (C=O) groups is 1. The number of rotatable bonds is 2. The molecular weight excluding hydrogens is 252 g/mol. The number of carboxylic acid groups (broad SMARTS) is 1. The van der Waals surface area contributed by atoms with Crippen molar-refractivity contribution in [2.24, 2.45) is 11.8 Å². The summed E-state index contributed by atoms with van der Waals surface area (Å²) >= 11 is 6.12. The predicted octanol–water partition coefficient (Wildman–Crippen LogP) is 2.92. The molecule has 0 spiro atoms. The summed E-state index contributed by atoms with van der Waals surface area (Å²) in [5, 5.41) is 9.29. The van der Waals surface area contributed by atoms with Crippen molar-refractivity contribution in [1.82, 2.24) is 4.98 Å². The fraction of sp³-hybridized carbons (Fsp3) is 0.538. The minimum atomic E-state index is -1.00. The summed E-state index contributed by atoms with van der Waals surface area (Å²) in [6.45, 7) is 6.31. The minimum absolute atomic E-state index is 0.127. The van der Waals surface area contributed by atoms with Crippen molar-refractivity contribution >= 4 is 23.4 Å². The number of carboxylic acids is 1. The van der Waals surface area contributed by atoms with Crippen molar-refractivity contribution in [1.29, 1.82) is 0 Å². The van der Waals surface area contributed by atoms with Crippen LogP contribution in [0.5, 0.6) is 0 Å². The Morgan fingerprint density at radius 2 is 2.22 bits per heavy atom. The van der Waals surface area contributed by atoms with Gasteiger partial charge in [-0.1, -0.05) is 25.4 Å². The Labute approximate surface area is 112 Å². The first kappa shape index (κ1) is 13.1. The van der Waals surface area contributed by atoms with E-state index in [1.165, 1.54) is 12.3 Å². The zero-order valence-electron chi connectivity index (χ0n) is 10.6. The highest BCUT2D eigenvalue weighted by Crippen LogP contribution is 2.30. The molecule has 0 radical (unpaired) electrons. The maximum absolute atomic E-state index is 10.8. The summed E-state index contributed by atoms with van der Waals surface area (Å²) in [5.41, 5.74) is 0.127. The quantitative estimate of drug-likeness (QED) is 0.896. The van der Waals surface area contributed by atoms with Gasteiger partial charge in [0.25, 0.3) is 0 Å². The molecule has 0 aliphatic carbocycles. The highest BCUT2D eigenvalue weighted by Gasteiger charge is 2.25. The Balaban J connectivity index is 2.21. The molecule has 4 nitrogen and oxygen atoms in total. The molecule has 1 N–H and O–H groups in total. The molecule has 1 aromatic heterocycles. The summed E-state index contributed by atoms with van der Waals surface area (Å²) in [6.07, 6.45) is 2.48. The minimum Gasteiger partial charge on any atom is -0.478 e. The van der Waals surface area contributed by atoms with Crippen molar-refractivity contribution < 1.29 is 9.90 Å². The van der Waals surface area contributed by atoms with E-state index in [-0.39, 0.29) is 5.56 Å². The summed E-state index contributed by atoms with van der Waals surface area (Å²) < 4.78 is 0. The monoisotopic (exact) mass is 268 g/mol. The van der Waals surface area contributed by atoms with E-state index in [0.717, 1.165) is 19.5 Å². The Hall–Kier alpha value is -1.29. The largest absolute Gasteiger partial charge is 0.478 e. The highest BCUT2D eigenvalue weighted by atomic mass is 35.5. The zero-order chi connectivity index (χ0) is 13.3. The summed E-state index contributed by atoms with van der Waals surface area (Å²) in [7, 11) is 0. The van der Waals surface area contributed by atoms with E-state index in [4.69, 9.17) is 16.7 Å². The SMILES string of the molecule is CC1CCN(c2ncc(C(=O)O)cc2Cl)CC1C. The molecule has 1 fully saturated rings. The molecule has 98 valence electrons. The third kappa shape index (κ3) is 2.58. The maximum atomic E-state index is 10.8. The molecule has 0 amide bonds. The van der Waals surface area contributed by atoms with Crippen LogP contribution in [0.1, 0.15) is 30.6 Å². The molecule has 2 atom stereocenters. The lowest BCUT2D eigenvalue weighted by Crippen LogP contribution is -2.39. The second-order valence-corrected chi connectivity index (χ2v) is 5.43. The second kappa shape index (κ2) is 5.14. The molecule has 2 unspecified atom stereocenters. The fourth-order valence-corrected chi connectivity index (χ4v) is 2.52. The van der Waals surface area contributed by atoms with E-state index in [9.17, 15) is 4.79 Å². The number of aromatic nitrogens is 1. The van der Waals surface area contributed by atoms with Gasteiger partial charge in [0.05, 0.1) is 10.6 Å². The van der Waals surface area contributed by atoms with Gasteiger partial charge in [-0.05, 0) is 24.3 Å². The number of pyridine rings is 1. The molecule has 5 heteroatoms. The number of hydrogen-bond acceptors (Lipinski definition) is 3. The Kier molecular flexibility index (Phi) is 3.76. The lowest BCUT2D eigenvalue weighted by Gasteiger charge is -2.36. The number of anilines is 1. The maximum Gasteiger partial charge on any atom is 0.337 e. The molecule has 2 rings (SSSR count). The van der Waals surface area contributed by atoms with Crippen LogP contribution in [-0.2, 0) is 0 Å². The van der Waals surface area contributed by atoms with Gasteiger partial charge in [0.2, 0.25) is 0 Å². The highest BCUT2D eigenvalue weighted by molar-refractivity contribution is 6.33. The van der Waals surface area contributed by atoms with Crippen molar-refractivity contribution in [2.45, 2.75) is 20.3 Å². The van der Waals surface area contributed by atoms with Crippen molar-refractivity contribution in [3.05, 3.63) is 22.8 Å². The molecule has 1 aliphatic heterocycles. The molecule has 0 aromatic carbocycles. The van der Waals surface area contributed by atoms with Crippen LogP contribution >= 0.6 is 11.6 Å². The second-order valence-electron chi connectivity index (χ2n) is 5.02. The average molecular weight is 269 g/mol. The fourth-order valence-electron chi connectivity index (χ4n) is 2.24. The lowest BCUT2D eigenvalue weighted by molar-refractivity contribution is 0.0696. The normalized spacial score (nSPS) is 24.1. The van der Waals surface area contributed by atoms with Crippen molar-refractivity contribution in [2.75, 3.05) is 18.0 Å². The van der Waals surface area contributed by atoms with Gasteiger partial charge in [-0.2, -0.15) is 0 Å². The number of nitrogens with zero attached hydrogens (tertiary/aromatic N) is 2. The summed E-state index contributed by atoms with van der Waals surface area (Å²) in [5.74, 6) is 0.992. The van der Waals surface area contributed by atoms with E-state index in [1.807, 2.05) is 0 Å². The molecule has 1 aromatic rings. The number of hydrogen-bond donors (Lipinski definition) is 1. The van der Waals surface area contributed by atoms with Gasteiger partial charge in [0, 0.05) is 19.3 Å². The van der Waals surface area contributed by atoms with Crippen LogP contribution in [0.2, 0.25) is 5.02 Å². The molecule has 1 aliphatic rings. The first-order valence-corrected chi connectivity index (χ1v) is 6.50. The number of piperidine rings is 1. The standard InChI is InChI=1S/C13H17ClN2O2/c1-8-3-4-16(7-9(8)2)12-11(14)5-10(6-15-12)13(17)18/h5-6,8-9H,3-4,7H2,1-2H3,(H,17,18). The summed E-state index contributed by atoms with van der Waals surface area (Å²) in [4.78, 5) is 17.2. The van der Waals surface area contributed by atoms with Crippen LogP contribution < -0.4 is 4.90 Å². The zero-order valence-corrected chi connectivity index (χ0v) is 11.3. The van der Waals surface area contributed by atoms with E-state index in [0.29, 0.717) is 22.7 Å². The third-order valence-electron chi connectivity index (χ3n) is 3.70. The van der Waals surface area contributed by atoms with Gasteiger partial charge in [0.15, 0.2) is 0 Å². The van der Waals surface area contributed by atoms with Gasteiger partial charge in [-0.3, -0.25) is 0 Å². The third-order valence-corrected chi connectivity index (χ3v) is 3.98. The lowest BCUT2D eigenvalue weighted by atomic mass is 9.89. The average Bonchev–Trinajstić information content (AvgIpc) is 2.32.